The maximum absolute atomic E-state index is 12.7. The molecular formula is C14H16F2N4O. The van der Waals surface area contributed by atoms with Crippen LogP contribution in [0.2, 0.25) is 0 Å². The van der Waals surface area contributed by atoms with Crippen LogP contribution in [0.5, 0.6) is 0 Å². The molecule has 0 radical (unpaired) electrons. The molecule has 0 bridgehead atoms. The molecule has 112 valence electrons. The molecule has 0 aliphatic carbocycles. The van der Waals surface area contributed by atoms with Crippen molar-refractivity contribution in [1.29, 1.82) is 0 Å². The van der Waals surface area contributed by atoms with E-state index in [1.54, 1.807) is 19.2 Å². The monoisotopic (exact) mass is 294 g/mol. The van der Waals surface area contributed by atoms with Crippen LogP contribution in [0.4, 0.5) is 14.5 Å². The Balaban J connectivity index is 2.22. The standard InChI is InChI=1S/C14H16F2N4O/c1-9-4-3-5-10(12(9)13(21)17-2)19-8-11-18-6-7-20(11)14(15)16/h3-7,14,19H,8H2,1-2H3,(H,17,21). The minimum absolute atomic E-state index is 0.102. The number of alkyl halides is 2. The first-order valence-corrected chi connectivity index (χ1v) is 6.40. The highest BCUT2D eigenvalue weighted by atomic mass is 19.3. The Labute approximate surface area is 121 Å². The first kappa shape index (κ1) is 15.0. The maximum Gasteiger partial charge on any atom is 0.319 e. The summed E-state index contributed by atoms with van der Waals surface area (Å²) < 4.78 is 26.3. The Morgan fingerprint density at radius 3 is 2.86 bits per heavy atom. The van der Waals surface area contributed by atoms with Crippen LogP contribution in [0.15, 0.2) is 30.6 Å². The summed E-state index contributed by atoms with van der Waals surface area (Å²) in [6.07, 6.45) is 2.54. The number of halogens is 2. The maximum atomic E-state index is 12.7. The van der Waals surface area contributed by atoms with Crippen LogP contribution < -0.4 is 10.6 Å². The first-order valence-electron chi connectivity index (χ1n) is 6.40. The number of carbonyl (C=O) groups excluding carboxylic acids is 1. The number of amides is 1. The molecule has 21 heavy (non-hydrogen) atoms. The van der Waals surface area contributed by atoms with Crippen molar-refractivity contribution in [2.45, 2.75) is 20.0 Å². The van der Waals surface area contributed by atoms with Crippen LogP contribution in [-0.4, -0.2) is 22.5 Å². The van der Waals surface area contributed by atoms with E-state index in [4.69, 9.17) is 0 Å². The third kappa shape index (κ3) is 3.18. The lowest BCUT2D eigenvalue weighted by Gasteiger charge is -2.14. The smallest absolute Gasteiger partial charge is 0.319 e. The van der Waals surface area contributed by atoms with Crippen molar-refractivity contribution < 1.29 is 13.6 Å². The zero-order chi connectivity index (χ0) is 15.4. The minimum Gasteiger partial charge on any atom is -0.377 e. The third-order valence-corrected chi connectivity index (χ3v) is 3.12. The van der Waals surface area contributed by atoms with Crippen molar-refractivity contribution in [2.24, 2.45) is 0 Å². The highest BCUT2D eigenvalue weighted by Crippen LogP contribution is 2.21. The predicted octanol–water partition coefficient (Wildman–Crippen LogP) is 2.56. The van der Waals surface area contributed by atoms with Crippen molar-refractivity contribution >= 4 is 11.6 Å². The van der Waals surface area contributed by atoms with E-state index in [0.29, 0.717) is 11.3 Å². The highest BCUT2D eigenvalue weighted by molar-refractivity contribution is 6.00. The molecule has 5 nitrogen and oxygen atoms in total. The summed E-state index contributed by atoms with van der Waals surface area (Å²) in [5.74, 6) is -0.0258. The molecule has 1 heterocycles. The zero-order valence-electron chi connectivity index (χ0n) is 11.7. The molecule has 1 aromatic heterocycles. The van der Waals surface area contributed by atoms with Gasteiger partial charge in [0.25, 0.3) is 5.91 Å². The van der Waals surface area contributed by atoms with E-state index < -0.39 is 6.55 Å². The molecule has 0 aliphatic heterocycles. The van der Waals surface area contributed by atoms with E-state index in [1.807, 2.05) is 13.0 Å². The second kappa shape index (κ2) is 6.34. The van der Waals surface area contributed by atoms with Crippen LogP contribution in [-0.2, 0) is 6.54 Å². The quantitative estimate of drug-likeness (QED) is 0.891. The topological polar surface area (TPSA) is 59.0 Å². The van der Waals surface area contributed by atoms with Gasteiger partial charge in [0.05, 0.1) is 12.1 Å². The Morgan fingerprint density at radius 2 is 2.19 bits per heavy atom. The summed E-state index contributed by atoms with van der Waals surface area (Å²) in [4.78, 5) is 15.8. The first-order chi connectivity index (χ1) is 10.0. The molecule has 0 saturated heterocycles. The Morgan fingerprint density at radius 1 is 1.43 bits per heavy atom. The predicted molar refractivity (Wildman–Crippen MR) is 75.4 cm³/mol. The fraction of sp³-hybridized carbons (Fsp3) is 0.286. The van der Waals surface area contributed by atoms with Crippen LogP contribution in [0.3, 0.4) is 0 Å². The van der Waals surface area contributed by atoms with E-state index in [9.17, 15) is 13.6 Å². The van der Waals surface area contributed by atoms with Gasteiger partial charge in [0.15, 0.2) is 0 Å². The second-order valence-corrected chi connectivity index (χ2v) is 4.46. The van der Waals surface area contributed by atoms with E-state index in [-0.39, 0.29) is 18.3 Å². The van der Waals surface area contributed by atoms with Gasteiger partial charge in [-0.15, -0.1) is 0 Å². The number of imidazole rings is 1. The van der Waals surface area contributed by atoms with Gasteiger partial charge in [-0.05, 0) is 18.6 Å². The van der Waals surface area contributed by atoms with Crippen LogP contribution >= 0.6 is 0 Å². The number of carbonyl (C=O) groups is 1. The molecule has 0 atom stereocenters. The molecule has 0 spiro atoms. The Hall–Kier alpha value is -2.44. The van der Waals surface area contributed by atoms with Crippen molar-refractivity contribution in [3.05, 3.63) is 47.5 Å². The molecule has 2 N–H and O–H groups in total. The Kier molecular flexibility index (Phi) is 4.52. The summed E-state index contributed by atoms with van der Waals surface area (Å²) in [5, 5.41) is 5.56. The van der Waals surface area contributed by atoms with E-state index in [2.05, 4.69) is 15.6 Å². The van der Waals surface area contributed by atoms with Crippen LogP contribution in [0, 0.1) is 6.92 Å². The Bertz CT molecular complexity index is 640. The molecule has 0 saturated carbocycles. The zero-order valence-corrected chi connectivity index (χ0v) is 11.7. The lowest BCUT2D eigenvalue weighted by Crippen LogP contribution is -2.21. The largest absolute Gasteiger partial charge is 0.377 e. The van der Waals surface area contributed by atoms with Crippen molar-refractivity contribution in [3.8, 4) is 0 Å². The number of aryl methyl sites for hydroxylation is 1. The van der Waals surface area contributed by atoms with Crippen molar-refractivity contribution in [2.75, 3.05) is 12.4 Å². The number of hydrogen-bond donors (Lipinski definition) is 2. The van der Waals surface area contributed by atoms with Gasteiger partial charge >= 0.3 is 6.55 Å². The normalized spacial score (nSPS) is 10.7. The number of benzene rings is 1. The van der Waals surface area contributed by atoms with E-state index in [0.717, 1.165) is 10.1 Å². The van der Waals surface area contributed by atoms with Gasteiger partial charge in [0.1, 0.15) is 5.82 Å². The van der Waals surface area contributed by atoms with Gasteiger partial charge in [-0.2, -0.15) is 8.78 Å². The molecule has 2 aromatic rings. The highest BCUT2D eigenvalue weighted by Gasteiger charge is 2.15. The number of nitrogens with zero attached hydrogens (tertiary/aromatic N) is 2. The number of rotatable bonds is 5. The molecule has 0 unspecified atom stereocenters. The number of hydrogen-bond acceptors (Lipinski definition) is 3. The molecule has 1 amide bonds. The van der Waals surface area contributed by atoms with Crippen LogP contribution in [0.25, 0.3) is 0 Å². The summed E-state index contributed by atoms with van der Waals surface area (Å²) in [6.45, 7) is -0.721. The summed E-state index contributed by atoms with van der Waals surface area (Å²) in [6, 6.07) is 5.34. The van der Waals surface area contributed by atoms with Gasteiger partial charge in [-0.1, -0.05) is 12.1 Å². The lowest BCUT2D eigenvalue weighted by atomic mass is 10.1. The van der Waals surface area contributed by atoms with Gasteiger partial charge in [-0.3, -0.25) is 9.36 Å². The summed E-state index contributed by atoms with van der Waals surface area (Å²) in [5.41, 5.74) is 1.88. The average molecular weight is 294 g/mol. The number of nitrogens with one attached hydrogen (secondary N) is 2. The molecule has 2 rings (SSSR count). The van der Waals surface area contributed by atoms with E-state index in [1.165, 1.54) is 12.4 Å². The lowest BCUT2D eigenvalue weighted by molar-refractivity contribution is 0.0672. The van der Waals surface area contributed by atoms with Crippen LogP contribution in [0.1, 0.15) is 28.3 Å². The molecule has 7 heteroatoms. The summed E-state index contributed by atoms with van der Waals surface area (Å²) >= 11 is 0. The fourth-order valence-corrected chi connectivity index (χ4v) is 2.07. The summed E-state index contributed by atoms with van der Waals surface area (Å²) in [7, 11) is 1.54. The molecule has 0 aliphatic rings. The van der Waals surface area contributed by atoms with Gasteiger partial charge in [0.2, 0.25) is 0 Å². The second-order valence-electron chi connectivity index (χ2n) is 4.46. The minimum atomic E-state index is -2.64. The molecule has 0 fully saturated rings. The van der Waals surface area contributed by atoms with Crippen molar-refractivity contribution in [3.63, 3.8) is 0 Å². The van der Waals surface area contributed by atoms with Gasteiger partial charge in [0, 0.05) is 25.1 Å². The SMILES string of the molecule is CNC(=O)c1c(C)cccc1NCc1nccn1C(F)F. The number of anilines is 1. The molecular weight excluding hydrogens is 278 g/mol. The third-order valence-electron chi connectivity index (χ3n) is 3.12. The van der Waals surface area contributed by atoms with Gasteiger partial charge in [-0.25, -0.2) is 4.98 Å². The number of aromatic nitrogens is 2. The average Bonchev–Trinajstić information content (AvgIpc) is 2.93. The van der Waals surface area contributed by atoms with E-state index >= 15 is 0 Å². The van der Waals surface area contributed by atoms with Gasteiger partial charge < -0.3 is 10.6 Å². The van der Waals surface area contributed by atoms with Crippen molar-refractivity contribution in [1.82, 2.24) is 14.9 Å². The fourth-order valence-electron chi connectivity index (χ4n) is 2.07. The molecule has 1 aromatic carbocycles.